The van der Waals surface area contributed by atoms with Crippen molar-refractivity contribution in [1.29, 1.82) is 0 Å². The average molecular weight is 475 g/mol. The number of rotatable bonds is 5. The number of thiophene rings is 1. The summed E-state index contributed by atoms with van der Waals surface area (Å²) in [4.78, 5) is 2.20. The van der Waals surface area contributed by atoms with E-state index in [2.05, 4.69) is 36.4 Å². The number of nitrogens with zero attached hydrogens (tertiary/aromatic N) is 2. The number of hydrogen-bond donors (Lipinski definition) is 1. The van der Waals surface area contributed by atoms with Gasteiger partial charge in [0, 0.05) is 4.88 Å². The molecule has 0 amide bonds. The molecule has 0 saturated carbocycles. The van der Waals surface area contributed by atoms with Gasteiger partial charge in [-0.15, -0.1) is 11.3 Å². The van der Waals surface area contributed by atoms with E-state index >= 15 is 0 Å². The quantitative estimate of drug-likeness (QED) is 0.290. The summed E-state index contributed by atoms with van der Waals surface area (Å²) in [5.74, 6) is 0.851. The number of benzene rings is 3. The molecule has 4 nitrogen and oxygen atoms in total. The minimum absolute atomic E-state index is 0.590. The highest BCUT2D eigenvalue weighted by atomic mass is 35.5. The van der Waals surface area contributed by atoms with Crippen molar-refractivity contribution in [3.05, 3.63) is 89.6 Å². The summed E-state index contributed by atoms with van der Waals surface area (Å²) < 4.78 is 7.16. The molecule has 5 aromatic rings. The van der Waals surface area contributed by atoms with Gasteiger partial charge in [0.15, 0.2) is 0 Å². The van der Waals surface area contributed by atoms with Crippen LogP contribution in [0.4, 0.5) is 0 Å². The van der Waals surface area contributed by atoms with Gasteiger partial charge in [-0.05, 0) is 78.7 Å². The third-order valence-electron chi connectivity index (χ3n) is 5.61. The summed E-state index contributed by atoms with van der Waals surface area (Å²) >= 11 is 8.17. The van der Waals surface area contributed by atoms with Gasteiger partial charge in [0.1, 0.15) is 11.4 Å². The monoisotopic (exact) mass is 474 g/mol. The minimum Gasteiger partial charge on any atom is -0.497 e. The fraction of sp³-hybridized carbons (Fsp3) is 0.148. The predicted octanol–water partition coefficient (Wildman–Crippen LogP) is 7.31. The number of halogens is 1. The third kappa shape index (κ3) is 4.15. The topological polar surface area (TPSA) is 47.3 Å². The molecule has 0 bridgehead atoms. The number of aromatic nitrogens is 2. The van der Waals surface area contributed by atoms with Crippen molar-refractivity contribution in [2.45, 2.75) is 19.4 Å². The van der Waals surface area contributed by atoms with Crippen molar-refractivity contribution in [3.63, 3.8) is 0 Å². The van der Waals surface area contributed by atoms with Gasteiger partial charge in [0.2, 0.25) is 0 Å². The van der Waals surface area contributed by atoms with E-state index in [1.54, 1.807) is 32.3 Å². The lowest BCUT2D eigenvalue weighted by Gasteiger charge is -2.13. The zero-order chi connectivity index (χ0) is 23.2. The van der Waals surface area contributed by atoms with Gasteiger partial charge in [-0.3, -0.25) is 0 Å². The maximum absolute atomic E-state index is 10.6. The molecule has 0 spiro atoms. The Morgan fingerprint density at radius 2 is 1.64 bits per heavy atom. The Morgan fingerprint density at radius 3 is 2.39 bits per heavy atom. The van der Waals surface area contributed by atoms with Crippen LogP contribution in [0.2, 0.25) is 5.02 Å². The maximum Gasteiger partial charge on any atom is 0.119 e. The van der Waals surface area contributed by atoms with Gasteiger partial charge in [-0.2, -0.15) is 5.10 Å². The molecular formula is C27H23ClN2O2S. The van der Waals surface area contributed by atoms with E-state index in [1.807, 2.05) is 47.1 Å². The van der Waals surface area contributed by atoms with Crippen LogP contribution >= 0.6 is 22.9 Å². The largest absolute Gasteiger partial charge is 0.497 e. The fourth-order valence-corrected chi connectivity index (χ4v) is 5.02. The number of methoxy groups -OCH3 is 1. The molecule has 2 heterocycles. The number of para-hydroxylation sites is 1. The Morgan fingerprint density at radius 1 is 0.909 bits per heavy atom. The summed E-state index contributed by atoms with van der Waals surface area (Å²) in [7, 11) is 1.68. The van der Waals surface area contributed by atoms with Crippen LogP contribution in [0.3, 0.4) is 0 Å². The first-order chi connectivity index (χ1) is 15.8. The third-order valence-corrected chi connectivity index (χ3v) is 7.08. The van der Waals surface area contributed by atoms with E-state index in [1.165, 1.54) is 0 Å². The van der Waals surface area contributed by atoms with Crippen LogP contribution in [0.5, 0.6) is 5.75 Å². The fourth-order valence-electron chi connectivity index (χ4n) is 3.80. The van der Waals surface area contributed by atoms with Gasteiger partial charge in [0.05, 0.1) is 34.1 Å². The molecule has 2 aromatic heterocycles. The van der Waals surface area contributed by atoms with Crippen molar-refractivity contribution in [2.24, 2.45) is 0 Å². The zero-order valence-corrected chi connectivity index (χ0v) is 20.1. The Labute approximate surface area is 201 Å². The number of hydrogen-bond acceptors (Lipinski definition) is 4. The molecule has 0 aliphatic heterocycles. The molecule has 33 heavy (non-hydrogen) atoms. The molecule has 0 unspecified atom stereocenters. The molecule has 0 atom stereocenters. The van der Waals surface area contributed by atoms with Crippen LogP contribution in [0.25, 0.3) is 37.5 Å². The van der Waals surface area contributed by atoms with E-state index in [0.29, 0.717) is 10.7 Å². The number of ether oxygens (including phenoxy) is 1. The minimum atomic E-state index is -1.07. The van der Waals surface area contributed by atoms with Crippen molar-refractivity contribution >= 4 is 33.7 Å². The molecule has 0 radical (unpaired) electrons. The second-order valence-corrected chi connectivity index (χ2v) is 9.92. The molecule has 0 saturated heterocycles. The molecular weight excluding hydrogens is 452 g/mol. The van der Waals surface area contributed by atoms with Crippen LogP contribution in [0.15, 0.2) is 78.9 Å². The van der Waals surface area contributed by atoms with Crippen LogP contribution in [0.1, 0.15) is 19.5 Å². The molecule has 3 aromatic carbocycles. The van der Waals surface area contributed by atoms with Gasteiger partial charge in [-0.1, -0.05) is 41.9 Å². The summed E-state index contributed by atoms with van der Waals surface area (Å²) in [6, 6.07) is 26.3. The zero-order valence-electron chi connectivity index (χ0n) is 18.5. The summed E-state index contributed by atoms with van der Waals surface area (Å²) in [6.07, 6.45) is 0. The first kappa shape index (κ1) is 21.7. The number of aliphatic hydroxyl groups is 1. The standard InChI is InChI=1S/C27H23ClN2O2S/c1-27(2,31)26-16-23(30(29-26)22-7-5-4-6-21(22)28)25-13-12-24(33-25)19-9-8-18-15-20(32-3)11-10-17(18)14-19/h4-16,31H,1-3H3. The smallest absolute Gasteiger partial charge is 0.119 e. The van der Waals surface area contributed by atoms with E-state index in [9.17, 15) is 5.11 Å². The first-order valence-electron chi connectivity index (χ1n) is 10.6. The lowest BCUT2D eigenvalue weighted by atomic mass is 10.1. The average Bonchev–Trinajstić information content (AvgIpc) is 3.46. The van der Waals surface area contributed by atoms with Crippen LogP contribution < -0.4 is 4.74 Å². The Balaban J connectivity index is 1.59. The van der Waals surface area contributed by atoms with Crippen LogP contribution in [0, 0.1) is 0 Å². The summed E-state index contributed by atoms with van der Waals surface area (Å²) in [5.41, 5.74) is 2.34. The van der Waals surface area contributed by atoms with Gasteiger partial charge < -0.3 is 9.84 Å². The van der Waals surface area contributed by atoms with Crippen molar-refractivity contribution in [3.8, 4) is 32.4 Å². The highest BCUT2D eigenvalue weighted by Gasteiger charge is 2.24. The normalized spacial score (nSPS) is 11.8. The Kier molecular flexibility index (Phi) is 5.49. The lowest BCUT2D eigenvalue weighted by molar-refractivity contribution is 0.0734. The van der Waals surface area contributed by atoms with Gasteiger partial charge in [0.25, 0.3) is 0 Å². The molecule has 166 valence electrons. The van der Waals surface area contributed by atoms with Crippen molar-refractivity contribution < 1.29 is 9.84 Å². The lowest BCUT2D eigenvalue weighted by Crippen LogP contribution is -2.16. The van der Waals surface area contributed by atoms with Gasteiger partial charge >= 0.3 is 0 Å². The molecule has 1 N–H and O–H groups in total. The SMILES string of the molecule is COc1ccc2cc(-c3ccc(-c4cc(C(C)(C)O)nn4-c4ccccc4Cl)s3)ccc2c1. The molecule has 0 aliphatic carbocycles. The van der Waals surface area contributed by atoms with E-state index in [4.69, 9.17) is 21.4 Å². The number of fused-ring (bicyclic) bond motifs is 1. The molecule has 5 rings (SSSR count). The summed E-state index contributed by atoms with van der Waals surface area (Å²) in [6.45, 7) is 3.47. The Hall–Kier alpha value is -3.12. The molecule has 6 heteroatoms. The second kappa shape index (κ2) is 8.34. The first-order valence-corrected chi connectivity index (χ1v) is 11.8. The van der Waals surface area contributed by atoms with E-state index in [0.717, 1.165) is 43.2 Å². The highest BCUT2D eigenvalue weighted by Crippen LogP contribution is 2.38. The van der Waals surface area contributed by atoms with Crippen molar-refractivity contribution in [1.82, 2.24) is 9.78 Å². The summed E-state index contributed by atoms with van der Waals surface area (Å²) in [5, 5.41) is 18.2. The second-order valence-electron chi connectivity index (χ2n) is 8.43. The van der Waals surface area contributed by atoms with Crippen molar-refractivity contribution in [2.75, 3.05) is 7.11 Å². The Bertz CT molecular complexity index is 1460. The van der Waals surface area contributed by atoms with E-state index < -0.39 is 5.60 Å². The molecule has 0 fully saturated rings. The molecule has 0 aliphatic rings. The highest BCUT2D eigenvalue weighted by molar-refractivity contribution is 7.18. The van der Waals surface area contributed by atoms with Gasteiger partial charge in [-0.25, -0.2) is 4.68 Å². The van der Waals surface area contributed by atoms with Crippen LogP contribution in [-0.4, -0.2) is 22.0 Å². The van der Waals surface area contributed by atoms with E-state index in [-0.39, 0.29) is 0 Å². The maximum atomic E-state index is 10.6. The predicted molar refractivity (Wildman–Crippen MR) is 137 cm³/mol. The van der Waals surface area contributed by atoms with Crippen LogP contribution in [-0.2, 0) is 5.60 Å².